The maximum atomic E-state index is 12.1. The van der Waals surface area contributed by atoms with Crippen LogP contribution in [-0.4, -0.2) is 0 Å². The van der Waals surface area contributed by atoms with Gasteiger partial charge in [0, 0.05) is 23.0 Å². The third-order valence-corrected chi connectivity index (χ3v) is 3.03. The molecular weight excluding hydrogens is 210 g/mol. The van der Waals surface area contributed by atoms with Gasteiger partial charge in [0.05, 0.1) is 0 Å². The molecule has 0 aromatic heterocycles. The van der Waals surface area contributed by atoms with Crippen molar-refractivity contribution in [2.24, 2.45) is 0 Å². The van der Waals surface area contributed by atoms with E-state index >= 15 is 0 Å². The van der Waals surface area contributed by atoms with E-state index in [4.69, 9.17) is 0 Å². The van der Waals surface area contributed by atoms with E-state index in [1.165, 1.54) is 0 Å². The van der Waals surface area contributed by atoms with Gasteiger partial charge >= 0.3 is 0 Å². The number of rotatable bonds is 0. The van der Waals surface area contributed by atoms with Crippen LogP contribution in [0.1, 0.15) is 5.56 Å². The molecule has 2 heteroatoms. The van der Waals surface area contributed by atoms with Gasteiger partial charge in [-0.25, -0.2) is 0 Å². The quantitative estimate of drug-likeness (QED) is 0.717. The first-order chi connectivity index (χ1) is 8.27. The van der Waals surface area contributed by atoms with E-state index in [1.807, 2.05) is 42.7 Å². The first kappa shape index (κ1) is 9.85. The van der Waals surface area contributed by atoms with Gasteiger partial charge in [-0.3, -0.25) is 4.79 Å². The van der Waals surface area contributed by atoms with Gasteiger partial charge in [-0.05, 0) is 28.3 Å². The fraction of sp³-hybridized carbons (Fsp3) is 0. The molecule has 0 amide bonds. The molecular formula is C15H11NO. The van der Waals surface area contributed by atoms with Crippen molar-refractivity contribution in [1.82, 2.24) is 5.32 Å². The van der Waals surface area contributed by atoms with Gasteiger partial charge in [0.1, 0.15) is 0 Å². The smallest absolute Gasteiger partial charge is 0.187 e. The lowest BCUT2D eigenvalue weighted by Crippen LogP contribution is -2.28. The summed E-state index contributed by atoms with van der Waals surface area (Å²) in [7, 11) is 0. The Labute approximate surface area is 98.2 Å². The van der Waals surface area contributed by atoms with Crippen molar-refractivity contribution in [2.45, 2.75) is 0 Å². The highest BCUT2D eigenvalue weighted by Crippen LogP contribution is 2.03. The van der Waals surface area contributed by atoms with Gasteiger partial charge in [-0.15, -0.1) is 0 Å². The third kappa shape index (κ3) is 1.46. The molecule has 0 aliphatic carbocycles. The van der Waals surface area contributed by atoms with E-state index < -0.39 is 0 Å². The van der Waals surface area contributed by atoms with E-state index in [2.05, 4.69) is 11.9 Å². The normalized spacial score (nSPS) is 12.7. The van der Waals surface area contributed by atoms with E-state index in [0.29, 0.717) is 5.39 Å². The van der Waals surface area contributed by atoms with Gasteiger partial charge in [0.25, 0.3) is 0 Å². The third-order valence-electron chi connectivity index (χ3n) is 3.03. The Bertz CT molecular complexity index is 803. The number of benzene rings is 1. The molecule has 0 bridgehead atoms. The molecule has 0 fully saturated rings. The predicted molar refractivity (Wildman–Crippen MR) is 71.6 cm³/mol. The summed E-state index contributed by atoms with van der Waals surface area (Å²) in [6.07, 6.45) is 5.58. The number of fused-ring (bicyclic) bond motifs is 2. The van der Waals surface area contributed by atoms with Crippen molar-refractivity contribution in [2.75, 3.05) is 0 Å². The van der Waals surface area contributed by atoms with Crippen LogP contribution in [0.4, 0.5) is 0 Å². The van der Waals surface area contributed by atoms with E-state index in [-0.39, 0.29) is 5.43 Å². The molecule has 0 atom stereocenters. The van der Waals surface area contributed by atoms with Crippen LogP contribution in [-0.2, 0) is 0 Å². The summed E-state index contributed by atoms with van der Waals surface area (Å²) in [6.45, 7) is 4.10. The zero-order valence-corrected chi connectivity index (χ0v) is 9.23. The van der Waals surface area contributed by atoms with Crippen molar-refractivity contribution in [3.8, 4) is 0 Å². The van der Waals surface area contributed by atoms with Crippen LogP contribution >= 0.6 is 0 Å². The second kappa shape index (κ2) is 3.59. The Morgan fingerprint density at radius 3 is 2.71 bits per heavy atom. The average Bonchev–Trinajstić information content (AvgIpc) is 2.48. The summed E-state index contributed by atoms with van der Waals surface area (Å²) in [5.74, 6) is 0. The number of hydrogen-bond donors (Lipinski definition) is 1. The van der Waals surface area contributed by atoms with Gasteiger partial charge in [0.2, 0.25) is 0 Å². The molecule has 2 nitrogen and oxygen atoms in total. The lowest BCUT2D eigenvalue weighted by Gasteiger charge is -1.99. The first-order valence-electron chi connectivity index (χ1n) is 5.45. The van der Waals surface area contributed by atoms with Crippen molar-refractivity contribution in [1.29, 1.82) is 0 Å². The van der Waals surface area contributed by atoms with Crippen LogP contribution in [0.25, 0.3) is 29.6 Å². The Morgan fingerprint density at radius 1 is 1.12 bits per heavy atom. The van der Waals surface area contributed by atoms with Crippen LogP contribution in [0, 0.1) is 0 Å². The highest BCUT2D eigenvalue weighted by Gasteiger charge is 2.02. The minimum absolute atomic E-state index is 0.0340. The molecule has 1 aliphatic rings. The molecule has 17 heavy (non-hydrogen) atoms. The van der Waals surface area contributed by atoms with E-state index in [0.717, 1.165) is 21.4 Å². The van der Waals surface area contributed by atoms with E-state index in [9.17, 15) is 4.79 Å². The predicted octanol–water partition coefficient (Wildman–Crippen LogP) is 0.922. The second-order valence-corrected chi connectivity index (χ2v) is 4.05. The van der Waals surface area contributed by atoms with Crippen LogP contribution < -0.4 is 21.2 Å². The SMILES string of the molecule is C=c1c2c(cc(=O)c3ccccc13)C=CNC=2. The zero-order chi connectivity index (χ0) is 11.8. The molecule has 1 heterocycles. The van der Waals surface area contributed by atoms with Crippen molar-refractivity contribution in [3.63, 3.8) is 0 Å². The second-order valence-electron chi connectivity index (χ2n) is 4.05. The van der Waals surface area contributed by atoms with Crippen molar-refractivity contribution < 1.29 is 0 Å². The molecule has 3 rings (SSSR count). The maximum absolute atomic E-state index is 12.1. The first-order valence-corrected chi connectivity index (χ1v) is 5.45. The fourth-order valence-corrected chi connectivity index (χ4v) is 2.15. The number of hydrogen-bond acceptors (Lipinski definition) is 2. The lowest BCUT2D eigenvalue weighted by molar-refractivity contribution is 1.26. The molecule has 0 unspecified atom stereocenters. The summed E-state index contributed by atoms with van der Waals surface area (Å²) in [5.41, 5.74) is 0.946. The highest BCUT2D eigenvalue weighted by molar-refractivity contribution is 5.83. The summed E-state index contributed by atoms with van der Waals surface area (Å²) in [6, 6.07) is 9.25. The molecule has 2 aromatic carbocycles. The van der Waals surface area contributed by atoms with Gasteiger partial charge in [-0.1, -0.05) is 30.8 Å². The Morgan fingerprint density at radius 2 is 1.88 bits per heavy atom. The molecule has 0 saturated carbocycles. The molecule has 82 valence electrons. The maximum Gasteiger partial charge on any atom is 0.187 e. The van der Waals surface area contributed by atoms with Crippen molar-refractivity contribution in [3.05, 3.63) is 62.8 Å². The topological polar surface area (TPSA) is 29.1 Å². The monoisotopic (exact) mass is 221 g/mol. The molecule has 0 saturated heterocycles. The van der Waals surface area contributed by atoms with Gasteiger partial charge < -0.3 is 5.32 Å². The summed E-state index contributed by atoms with van der Waals surface area (Å²) >= 11 is 0. The molecule has 0 radical (unpaired) electrons. The lowest BCUT2D eigenvalue weighted by atomic mass is 10.1. The van der Waals surface area contributed by atoms with E-state index in [1.54, 1.807) is 6.07 Å². The summed E-state index contributed by atoms with van der Waals surface area (Å²) in [4.78, 5) is 12.1. The van der Waals surface area contributed by atoms with Crippen LogP contribution in [0.5, 0.6) is 0 Å². The van der Waals surface area contributed by atoms with Crippen LogP contribution in [0.3, 0.4) is 0 Å². The van der Waals surface area contributed by atoms with Crippen LogP contribution in [0.2, 0.25) is 0 Å². The molecule has 2 aromatic rings. The van der Waals surface area contributed by atoms with Gasteiger partial charge in [-0.2, -0.15) is 0 Å². The molecule has 1 N–H and O–H groups in total. The largest absolute Gasteiger partial charge is 0.367 e. The average molecular weight is 221 g/mol. The fourth-order valence-electron chi connectivity index (χ4n) is 2.15. The molecule has 0 spiro atoms. The Kier molecular flexibility index (Phi) is 2.08. The van der Waals surface area contributed by atoms with Crippen molar-refractivity contribution >= 4 is 29.6 Å². The highest BCUT2D eigenvalue weighted by atomic mass is 16.1. The van der Waals surface area contributed by atoms with Gasteiger partial charge in [0.15, 0.2) is 5.43 Å². The summed E-state index contributed by atoms with van der Waals surface area (Å²) < 4.78 is 0. The Hall–Kier alpha value is -2.35. The Balaban J connectivity index is 2.72. The minimum Gasteiger partial charge on any atom is -0.367 e. The van der Waals surface area contributed by atoms with Crippen LogP contribution in [0.15, 0.2) is 41.3 Å². The molecule has 1 aliphatic heterocycles. The summed E-state index contributed by atoms with van der Waals surface area (Å²) in [5, 5.41) is 6.52. The number of nitrogens with one attached hydrogen (secondary N) is 1. The zero-order valence-electron chi connectivity index (χ0n) is 9.23. The minimum atomic E-state index is 0.0340. The standard InChI is InChI=1S/C15H11NO/c1-10-12-4-2-3-5-13(12)15(17)8-11-6-7-16-9-14(10)11/h2-9,16H,1H2.